The largest absolute Gasteiger partial charge is 0.385 e. The molecule has 0 aliphatic heterocycles. The molecule has 0 spiro atoms. The van der Waals surface area contributed by atoms with Gasteiger partial charge in [0.1, 0.15) is 0 Å². The Hall–Kier alpha value is -1.51. The molecule has 0 unspecified atom stereocenters. The summed E-state index contributed by atoms with van der Waals surface area (Å²) in [6, 6.07) is 5.85. The first-order valence-electron chi connectivity index (χ1n) is 7.75. The van der Waals surface area contributed by atoms with Crippen LogP contribution in [-0.4, -0.2) is 19.0 Å². The Labute approximate surface area is 123 Å². The van der Waals surface area contributed by atoms with E-state index >= 15 is 0 Å². The zero-order valence-corrected chi connectivity index (χ0v) is 13.3. The van der Waals surface area contributed by atoms with Gasteiger partial charge in [0.2, 0.25) is 0 Å². The highest BCUT2D eigenvalue weighted by Gasteiger charge is 2.10. The first-order valence-corrected chi connectivity index (χ1v) is 7.75. The molecule has 3 nitrogen and oxygen atoms in total. The number of nitrogens with one attached hydrogen (secondary N) is 2. The normalized spacial score (nSPS) is 10.7. The number of rotatable bonds is 8. The molecule has 0 aliphatic rings. The van der Waals surface area contributed by atoms with E-state index in [4.69, 9.17) is 0 Å². The van der Waals surface area contributed by atoms with Crippen LogP contribution < -0.4 is 10.6 Å². The summed E-state index contributed by atoms with van der Waals surface area (Å²) in [5.74, 6) is 0.604. The number of benzene rings is 1. The lowest BCUT2D eigenvalue weighted by atomic mass is 10.0. The highest BCUT2D eigenvalue weighted by molar-refractivity contribution is 5.94. The molecule has 0 atom stereocenters. The van der Waals surface area contributed by atoms with Crippen LogP contribution in [0.15, 0.2) is 18.2 Å². The molecule has 0 saturated carbocycles. The first-order chi connectivity index (χ1) is 9.62. The number of carbonyl (C=O) groups is 1. The van der Waals surface area contributed by atoms with E-state index < -0.39 is 0 Å². The van der Waals surface area contributed by atoms with Gasteiger partial charge in [-0.2, -0.15) is 0 Å². The zero-order valence-electron chi connectivity index (χ0n) is 13.3. The van der Waals surface area contributed by atoms with E-state index in [0.29, 0.717) is 5.92 Å². The monoisotopic (exact) mass is 276 g/mol. The molecule has 1 aromatic carbocycles. The topological polar surface area (TPSA) is 41.1 Å². The highest BCUT2D eigenvalue weighted by Crippen LogP contribution is 2.16. The second-order valence-electron chi connectivity index (χ2n) is 5.35. The molecule has 112 valence electrons. The molecule has 0 heterocycles. The van der Waals surface area contributed by atoms with E-state index in [2.05, 4.69) is 31.4 Å². The third kappa shape index (κ3) is 4.87. The van der Waals surface area contributed by atoms with Crippen LogP contribution in [0.3, 0.4) is 0 Å². The fraction of sp³-hybridized carbons (Fsp3) is 0.588. The van der Waals surface area contributed by atoms with Crippen LogP contribution in [0.1, 0.15) is 56.0 Å². The van der Waals surface area contributed by atoms with Crippen molar-refractivity contribution in [2.24, 2.45) is 5.92 Å². The smallest absolute Gasteiger partial charge is 0.251 e. The number of carbonyl (C=O) groups excluding carboxylic acids is 1. The summed E-state index contributed by atoms with van der Waals surface area (Å²) in [6.45, 7) is 10.2. The highest BCUT2D eigenvalue weighted by atomic mass is 16.1. The Morgan fingerprint density at radius 1 is 1.20 bits per heavy atom. The fourth-order valence-corrected chi connectivity index (χ4v) is 2.18. The average Bonchev–Trinajstić information content (AvgIpc) is 2.46. The van der Waals surface area contributed by atoms with Crippen molar-refractivity contribution in [1.82, 2.24) is 5.32 Å². The van der Waals surface area contributed by atoms with Crippen molar-refractivity contribution in [2.45, 2.75) is 47.0 Å². The molecular weight excluding hydrogens is 248 g/mol. The Balaban J connectivity index is 2.62. The number of anilines is 1. The van der Waals surface area contributed by atoms with Crippen LogP contribution in [-0.2, 0) is 0 Å². The van der Waals surface area contributed by atoms with Gasteiger partial charge in [-0.1, -0.05) is 33.6 Å². The quantitative estimate of drug-likeness (QED) is 0.754. The summed E-state index contributed by atoms with van der Waals surface area (Å²) in [5.41, 5.74) is 2.98. The summed E-state index contributed by atoms with van der Waals surface area (Å²) in [5, 5.41) is 6.40. The van der Waals surface area contributed by atoms with Crippen LogP contribution in [0.5, 0.6) is 0 Å². The molecule has 0 bridgehead atoms. The van der Waals surface area contributed by atoms with Crippen LogP contribution in [0.2, 0.25) is 0 Å². The lowest BCUT2D eigenvalue weighted by molar-refractivity contribution is 0.0946. The maximum Gasteiger partial charge on any atom is 0.251 e. The SMILES string of the molecule is CCCNc1ccc(C(=O)NCC(CC)CC)cc1C. The molecule has 0 radical (unpaired) electrons. The lowest BCUT2D eigenvalue weighted by Crippen LogP contribution is -2.29. The Bertz CT molecular complexity index is 425. The van der Waals surface area contributed by atoms with Crippen LogP contribution in [0.25, 0.3) is 0 Å². The van der Waals surface area contributed by atoms with Gasteiger partial charge in [-0.3, -0.25) is 4.79 Å². The van der Waals surface area contributed by atoms with Gasteiger partial charge in [-0.05, 0) is 43.0 Å². The van der Waals surface area contributed by atoms with Crippen molar-refractivity contribution in [3.8, 4) is 0 Å². The van der Waals surface area contributed by atoms with Gasteiger partial charge in [0, 0.05) is 24.3 Å². The average molecular weight is 276 g/mol. The number of amides is 1. The Morgan fingerprint density at radius 3 is 2.45 bits per heavy atom. The van der Waals surface area contributed by atoms with Gasteiger partial charge in [0.05, 0.1) is 0 Å². The van der Waals surface area contributed by atoms with Crippen molar-refractivity contribution in [2.75, 3.05) is 18.4 Å². The number of hydrogen-bond donors (Lipinski definition) is 2. The third-order valence-electron chi connectivity index (χ3n) is 3.76. The van der Waals surface area contributed by atoms with Gasteiger partial charge < -0.3 is 10.6 Å². The second-order valence-corrected chi connectivity index (χ2v) is 5.35. The van der Waals surface area contributed by atoms with Gasteiger partial charge >= 0.3 is 0 Å². The molecule has 2 N–H and O–H groups in total. The van der Waals surface area contributed by atoms with E-state index in [1.165, 1.54) is 0 Å². The molecule has 1 aromatic rings. The zero-order chi connectivity index (χ0) is 15.0. The van der Waals surface area contributed by atoms with Crippen LogP contribution in [0, 0.1) is 12.8 Å². The maximum absolute atomic E-state index is 12.1. The summed E-state index contributed by atoms with van der Waals surface area (Å²) in [4.78, 5) is 12.1. The number of hydrogen-bond acceptors (Lipinski definition) is 2. The van der Waals surface area contributed by atoms with E-state index in [-0.39, 0.29) is 5.91 Å². The maximum atomic E-state index is 12.1. The van der Waals surface area contributed by atoms with E-state index in [0.717, 1.165) is 49.2 Å². The first kappa shape index (κ1) is 16.5. The predicted molar refractivity (Wildman–Crippen MR) is 86.4 cm³/mol. The second kappa shape index (κ2) is 8.62. The van der Waals surface area contributed by atoms with Crippen molar-refractivity contribution in [3.05, 3.63) is 29.3 Å². The minimum atomic E-state index is 0.0297. The van der Waals surface area contributed by atoms with Crippen molar-refractivity contribution in [3.63, 3.8) is 0 Å². The molecule has 0 saturated heterocycles. The van der Waals surface area contributed by atoms with Gasteiger partial charge in [0.25, 0.3) is 5.91 Å². The van der Waals surface area contributed by atoms with Crippen LogP contribution in [0.4, 0.5) is 5.69 Å². The lowest BCUT2D eigenvalue weighted by Gasteiger charge is -2.14. The number of aryl methyl sites for hydroxylation is 1. The molecule has 1 rings (SSSR count). The molecule has 3 heteroatoms. The van der Waals surface area contributed by atoms with Gasteiger partial charge in [-0.25, -0.2) is 0 Å². The molecule has 20 heavy (non-hydrogen) atoms. The third-order valence-corrected chi connectivity index (χ3v) is 3.76. The molecule has 0 fully saturated rings. The minimum Gasteiger partial charge on any atom is -0.385 e. The van der Waals surface area contributed by atoms with Crippen LogP contribution >= 0.6 is 0 Å². The summed E-state index contributed by atoms with van der Waals surface area (Å²) in [6.07, 6.45) is 3.31. The predicted octanol–water partition coefficient (Wildman–Crippen LogP) is 3.98. The van der Waals surface area contributed by atoms with Gasteiger partial charge in [0.15, 0.2) is 0 Å². The summed E-state index contributed by atoms with van der Waals surface area (Å²) in [7, 11) is 0. The Morgan fingerprint density at radius 2 is 1.90 bits per heavy atom. The molecule has 0 aromatic heterocycles. The van der Waals surface area contributed by atoms with Gasteiger partial charge in [-0.15, -0.1) is 0 Å². The van der Waals surface area contributed by atoms with Crippen molar-refractivity contribution < 1.29 is 4.79 Å². The summed E-state index contributed by atoms with van der Waals surface area (Å²) >= 11 is 0. The van der Waals surface area contributed by atoms with Crippen molar-refractivity contribution in [1.29, 1.82) is 0 Å². The Kier molecular flexibility index (Phi) is 7.13. The summed E-state index contributed by atoms with van der Waals surface area (Å²) < 4.78 is 0. The molecule has 0 aliphatic carbocycles. The minimum absolute atomic E-state index is 0.0297. The van der Waals surface area contributed by atoms with Crippen molar-refractivity contribution >= 4 is 11.6 Å². The standard InChI is InChI=1S/C17H28N2O/c1-5-10-18-16-9-8-15(11-13(16)4)17(20)19-12-14(6-2)7-3/h8-9,11,14,18H,5-7,10,12H2,1-4H3,(H,19,20). The van der Waals surface area contributed by atoms with E-state index in [9.17, 15) is 4.79 Å². The van der Waals surface area contributed by atoms with E-state index in [1.807, 2.05) is 25.1 Å². The van der Waals surface area contributed by atoms with E-state index in [1.54, 1.807) is 0 Å². The molecular formula is C17H28N2O. The molecule has 1 amide bonds. The fourth-order valence-electron chi connectivity index (χ4n) is 2.18.